The van der Waals surface area contributed by atoms with Gasteiger partial charge in [-0.3, -0.25) is 4.90 Å². The number of carbonyl (C=O) groups excluding carboxylic acids is 1. The molecule has 7 nitrogen and oxygen atoms in total. The third kappa shape index (κ3) is 4.35. The first-order valence-corrected chi connectivity index (χ1v) is 13.0. The summed E-state index contributed by atoms with van der Waals surface area (Å²) in [7, 11) is 0. The zero-order valence-electron chi connectivity index (χ0n) is 22.0. The van der Waals surface area contributed by atoms with E-state index in [1.54, 1.807) is 11.1 Å². The van der Waals surface area contributed by atoms with Gasteiger partial charge in [-0.25, -0.2) is 9.59 Å². The number of aliphatic carboxylic acids is 1. The van der Waals surface area contributed by atoms with Crippen LogP contribution in [-0.4, -0.2) is 75.1 Å². The fraction of sp³-hybridized carbons (Fsp3) is 0.571. The highest BCUT2D eigenvalue weighted by Crippen LogP contribution is 2.45. The Hall–Kier alpha value is -2.80. The van der Waals surface area contributed by atoms with Crippen molar-refractivity contribution in [3.63, 3.8) is 0 Å². The van der Waals surface area contributed by atoms with Gasteiger partial charge in [-0.1, -0.05) is 59.7 Å². The van der Waals surface area contributed by atoms with Crippen molar-refractivity contribution in [2.45, 2.75) is 71.9 Å². The summed E-state index contributed by atoms with van der Waals surface area (Å²) >= 11 is 0. The van der Waals surface area contributed by atoms with E-state index >= 15 is 0 Å². The number of urea groups is 1. The molecule has 2 N–H and O–H groups in total. The number of amides is 2. The third-order valence-corrected chi connectivity index (χ3v) is 8.07. The number of nitrogens with zero attached hydrogens (tertiary/aromatic N) is 3. The summed E-state index contributed by atoms with van der Waals surface area (Å²) in [6.07, 6.45) is 3.47. The highest BCUT2D eigenvalue weighted by molar-refractivity contribution is 6.17. The normalized spacial score (nSPS) is 20.8. The number of carboxylic acid groups (broad SMARTS) is 1. The lowest BCUT2D eigenvalue weighted by atomic mass is 9.72. The predicted molar refractivity (Wildman–Crippen MR) is 140 cm³/mol. The Kier molecular flexibility index (Phi) is 7.00. The van der Waals surface area contributed by atoms with Crippen LogP contribution in [-0.2, 0) is 10.2 Å². The van der Waals surface area contributed by atoms with Gasteiger partial charge in [0.15, 0.2) is 0 Å². The van der Waals surface area contributed by atoms with E-state index in [0.717, 1.165) is 42.4 Å². The van der Waals surface area contributed by atoms with Gasteiger partial charge in [0.2, 0.25) is 0 Å². The number of rotatable bonds is 5. The first kappa shape index (κ1) is 25.3. The van der Waals surface area contributed by atoms with E-state index in [4.69, 9.17) is 0 Å². The molecule has 0 bridgehead atoms. The number of piperidine rings is 1. The van der Waals surface area contributed by atoms with E-state index in [2.05, 4.69) is 51.4 Å². The molecule has 1 fully saturated rings. The molecular formula is C28H40N4O3. The number of hydrogen-bond donors (Lipinski definition) is 2. The number of hydrogen-bond acceptors (Lipinski definition) is 3. The molecule has 35 heavy (non-hydrogen) atoms. The lowest BCUT2D eigenvalue weighted by Crippen LogP contribution is -2.56. The van der Waals surface area contributed by atoms with E-state index in [0.29, 0.717) is 24.8 Å². The van der Waals surface area contributed by atoms with Crippen LogP contribution in [0.5, 0.6) is 0 Å². The van der Waals surface area contributed by atoms with Crippen LogP contribution < -0.4 is 0 Å². The maximum absolute atomic E-state index is 14.0. The minimum atomic E-state index is -1.03. The van der Waals surface area contributed by atoms with Crippen molar-refractivity contribution >= 4 is 28.5 Å². The molecular weight excluding hydrogens is 440 g/mol. The van der Waals surface area contributed by atoms with Gasteiger partial charge in [0.05, 0.1) is 11.3 Å². The summed E-state index contributed by atoms with van der Waals surface area (Å²) in [6.45, 7) is 16.3. The number of aromatic amines is 1. The van der Waals surface area contributed by atoms with Crippen LogP contribution in [0.25, 0.3) is 16.5 Å². The van der Waals surface area contributed by atoms with E-state index in [1.165, 1.54) is 0 Å². The lowest BCUT2D eigenvalue weighted by Gasteiger charge is -2.45. The Morgan fingerprint density at radius 3 is 2.34 bits per heavy atom. The third-order valence-electron chi connectivity index (χ3n) is 8.07. The van der Waals surface area contributed by atoms with Crippen LogP contribution in [0.4, 0.5) is 4.79 Å². The quantitative estimate of drug-likeness (QED) is 0.621. The van der Waals surface area contributed by atoms with Gasteiger partial charge in [-0.15, -0.1) is 0 Å². The molecule has 2 aliphatic rings. The molecule has 4 rings (SSSR count). The van der Waals surface area contributed by atoms with E-state index in [1.807, 2.05) is 29.2 Å². The molecule has 1 saturated heterocycles. The number of nitrogens with one attached hydrogen (secondary N) is 1. The van der Waals surface area contributed by atoms with Crippen LogP contribution in [0, 0.1) is 5.92 Å². The minimum absolute atomic E-state index is 0.0945. The Labute approximate surface area is 208 Å². The van der Waals surface area contributed by atoms with Gasteiger partial charge in [-0.2, -0.15) is 0 Å². The Morgan fingerprint density at radius 2 is 1.77 bits per heavy atom. The van der Waals surface area contributed by atoms with Gasteiger partial charge in [0, 0.05) is 47.7 Å². The molecule has 0 radical (unpaired) electrons. The number of benzene rings is 1. The molecule has 1 aromatic carbocycles. The van der Waals surface area contributed by atoms with Crippen molar-refractivity contribution < 1.29 is 14.7 Å². The molecule has 0 aliphatic carbocycles. The Balaban J connectivity index is 1.76. The molecule has 1 aromatic heterocycles. The van der Waals surface area contributed by atoms with Crippen LogP contribution in [0.2, 0.25) is 0 Å². The molecule has 2 aromatic rings. The standard InChI is InChI=1S/C28H40N4O3/c1-7-30(8-2)19-13-15-31(16-14-19)27(35)32-17-21(26(33)34)24-23(28(5,6)25(32)18(3)4)20-11-9-10-12-22(20)29-24/h9-12,17-19,25,29H,7-8,13-16H2,1-6H3,(H,33,34). The molecule has 3 heterocycles. The zero-order chi connectivity index (χ0) is 25.5. The van der Waals surface area contributed by atoms with Crippen molar-refractivity contribution in [2.24, 2.45) is 5.92 Å². The van der Waals surface area contributed by atoms with Crippen molar-refractivity contribution in [1.82, 2.24) is 19.7 Å². The first-order chi connectivity index (χ1) is 16.6. The van der Waals surface area contributed by atoms with Crippen LogP contribution >= 0.6 is 0 Å². The second kappa shape index (κ2) is 9.69. The SMILES string of the molecule is CCN(CC)C1CCN(C(=O)N2C=C(C(=O)O)c3[nH]c4ccccc4c3C(C)(C)C2C(C)C)CC1. The number of H-pyrrole nitrogens is 1. The molecule has 0 saturated carbocycles. The van der Waals surface area contributed by atoms with Gasteiger partial charge >= 0.3 is 12.0 Å². The second-order valence-electron chi connectivity index (χ2n) is 10.8. The van der Waals surface area contributed by atoms with Crippen LogP contribution in [0.15, 0.2) is 30.5 Å². The fourth-order valence-corrected chi connectivity index (χ4v) is 6.61. The molecule has 1 atom stereocenters. The topological polar surface area (TPSA) is 79.9 Å². The van der Waals surface area contributed by atoms with Crippen molar-refractivity contribution in [2.75, 3.05) is 26.2 Å². The first-order valence-electron chi connectivity index (χ1n) is 13.0. The largest absolute Gasteiger partial charge is 0.478 e. The van der Waals surface area contributed by atoms with Crippen molar-refractivity contribution in [3.8, 4) is 0 Å². The van der Waals surface area contributed by atoms with Gasteiger partial charge in [0.1, 0.15) is 0 Å². The van der Waals surface area contributed by atoms with Gasteiger partial charge in [0.25, 0.3) is 0 Å². The van der Waals surface area contributed by atoms with Crippen molar-refractivity contribution in [3.05, 3.63) is 41.7 Å². The fourth-order valence-electron chi connectivity index (χ4n) is 6.61. The number of likely N-dealkylation sites (tertiary alicyclic amines) is 1. The molecule has 1 unspecified atom stereocenters. The minimum Gasteiger partial charge on any atom is -0.478 e. The van der Waals surface area contributed by atoms with Crippen LogP contribution in [0.1, 0.15) is 65.6 Å². The smallest absolute Gasteiger partial charge is 0.339 e. The van der Waals surface area contributed by atoms with Gasteiger partial charge < -0.3 is 19.9 Å². The summed E-state index contributed by atoms with van der Waals surface area (Å²) < 4.78 is 0. The summed E-state index contributed by atoms with van der Waals surface area (Å²) in [6, 6.07) is 8.15. The number of carbonyl (C=O) groups is 2. The maximum Gasteiger partial charge on any atom is 0.339 e. The summed E-state index contributed by atoms with van der Waals surface area (Å²) in [4.78, 5) is 36.0. The summed E-state index contributed by atoms with van der Waals surface area (Å²) in [5.74, 6) is -0.913. The molecule has 2 amide bonds. The average Bonchev–Trinajstić information content (AvgIpc) is 3.17. The Morgan fingerprint density at radius 1 is 1.14 bits per heavy atom. The number of para-hydroxylation sites is 1. The summed E-state index contributed by atoms with van der Waals surface area (Å²) in [5, 5.41) is 11.3. The highest BCUT2D eigenvalue weighted by atomic mass is 16.4. The molecule has 0 spiro atoms. The monoisotopic (exact) mass is 480 g/mol. The molecule has 190 valence electrons. The summed E-state index contributed by atoms with van der Waals surface area (Å²) in [5.41, 5.74) is 2.14. The number of fused-ring (bicyclic) bond motifs is 3. The molecule has 7 heteroatoms. The zero-order valence-corrected chi connectivity index (χ0v) is 22.0. The van der Waals surface area contributed by atoms with E-state index < -0.39 is 11.4 Å². The predicted octanol–water partition coefficient (Wildman–Crippen LogP) is 5.14. The van der Waals surface area contributed by atoms with Gasteiger partial charge in [-0.05, 0) is 43.5 Å². The Bertz CT molecular complexity index is 1120. The highest BCUT2D eigenvalue weighted by Gasteiger charge is 2.46. The van der Waals surface area contributed by atoms with Crippen LogP contribution in [0.3, 0.4) is 0 Å². The van der Waals surface area contributed by atoms with E-state index in [9.17, 15) is 14.7 Å². The maximum atomic E-state index is 14.0. The second-order valence-corrected chi connectivity index (χ2v) is 10.8. The number of carboxylic acids is 1. The molecule has 2 aliphatic heterocycles. The number of aromatic nitrogens is 1. The average molecular weight is 481 g/mol. The van der Waals surface area contributed by atoms with Crippen molar-refractivity contribution in [1.29, 1.82) is 0 Å². The van der Waals surface area contributed by atoms with E-state index in [-0.39, 0.29) is 23.6 Å². The lowest BCUT2D eigenvalue weighted by molar-refractivity contribution is -0.130.